The average molecular weight is 437 g/mol. The molecule has 2 amide bonds. The molecule has 0 bridgehead atoms. The molecule has 1 aliphatic carbocycles. The second-order valence-electron chi connectivity index (χ2n) is 9.04. The Morgan fingerprint density at radius 2 is 1.87 bits per heavy atom. The predicted molar refractivity (Wildman–Crippen MR) is 129 cm³/mol. The minimum absolute atomic E-state index is 0.0762. The number of hydrogen-bond acceptors (Lipinski definition) is 3. The van der Waals surface area contributed by atoms with Gasteiger partial charge in [-0.15, -0.1) is 11.8 Å². The Hall–Kier alpha value is -2.27. The minimum atomic E-state index is -0.0762. The Morgan fingerprint density at radius 1 is 1.13 bits per heavy atom. The first kappa shape index (κ1) is 21.9. The zero-order valence-electron chi connectivity index (χ0n) is 18.5. The lowest BCUT2D eigenvalue weighted by atomic mass is 10.0. The first-order valence-corrected chi connectivity index (χ1v) is 12.5. The lowest BCUT2D eigenvalue weighted by Gasteiger charge is -2.25. The summed E-state index contributed by atoms with van der Waals surface area (Å²) >= 11 is 1.64. The number of nitrogens with zero attached hydrogens (tertiary/aromatic N) is 1. The van der Waals surface area contributed by atoms with E-state index in [-0.39, 0.29) is 17.2 Å². The third-order valence-electron chi connectivity index (χ3n) is 6.42. The third-order valence-corrected chi connectivity index (χ3v) is 7.63. The summed E-state index contributed by atoms with van der Waals surface area (Å²) in [5.41, 5.74) is 4.04. The quantitative estimate of drug-likeness (QED) is 0.539. The molecule has 4 nitrogen and oxygen atoms in total. The molecule has 2 aromatic carbocycles. The lowest BCUT2D eigenvalue weighted by molar-refractivity contribution is -0.117. The smallest absolute Gasteiger partial charge is 0.238 e. The Kier molecular flexibility index (Phi) is 7.01. The van der Waals surface area contributed by atoms with Crippen molar-refractivity contribution in [2.24, 2.45) is 5.92 Å². The van der Waals surface area contributed by atoms with Crippen molar-refractivity contribution >= 4 is 35.0 Å². The summed E-state index contributed by atoms with van der Waals surface area (Å²) in [4.78, 5) is 27.0. The van der Waals surface area contributed by atoms with E-state index in [1.165, 1.54) is 31.2 Å². The van der Waals surface area contributed by atoms with Crippen LogP contribution in [-0.4, -0.2) is 17.6 Å². The molecule has 2 fully saturated rings. The Morgan fingerprint density at radius 3 is 2.58 bits per heavy atom. The van der Waals surface area contributed by atoms with Gasteiger partial charge in [-0.3, -0.25) is 14.5 Å². The molecule has 4 rings (SSSR count). The molecule has 1 N–H and O–H groups in total. The van der Waals surface area contributed by atoms with Crippen LogP contribution in [-0.2, 0) is 9.59 Å². The van der Waals surface area contributed by atoms with Crippen LogP contribution in [0.1, 0.15) is 74.8 Å². The van der Waals surface area contributed by atoms with Gasteiger partial charge in [0, 0.05) is 17.8 Å². The molecule has 2 aliphatic rings. The number of rotatable bonds is 7. The van der Waals surface area contributed by atoms with Gasteiger partial charge in [-0.1, -0.05) is 63.8 Å². The van der Waals surface area contributed by atoms with Crippen LogP contribution < -0.4 is 10.2 Å². The average Bonchev–Trinajstić information content (AvgIpc) is 3.42. The van der Waals surface area contributed by atoms with E-state index in [0.717, 1.165) is 23.4 Å². The van der Waals surface area contributed by atoms with Crippen LogP contribution in [0.3, 0.4) is 0 Å². The summed E-state index contributed by atoms with van der Waals surface area (Å²) in [5, 5.41) is 2.99. The maximum absolute atomic E-state index is 12.7. The molecule has 0 spiro atoms. The highest BCUT2D eigenvalue weighted by Gasteiger charge is 2.34. The monoisotopic (exact) mass is 436 g/mol. The SMILES string of the molecule is CC(C)c1ccc(N2C(=O)CSC2c2cccc(NC(=O)CCC3CCCC3)c2)cc1. The van der Waals surface area contributed by atoms with Gasteiger partial charge >= 0.3 is 0 Å². The number of anilines is 2. The molecule has 1 heterocycles. The van der Waals surface area contributed by atoms with Gasteiger partial charge in [0.15, 0.2) is 0 Å². The molecular weight excluding hydrogens is 404 g/mol. The van der Waals surface area contributed by atoms with Crippen molar-refractivity contribution in [1.82, 2.24) is 0 Å². The maximum atomic E-state index is 12.7. The van der Waals surface area contributed by atoms with E-state index in [2.05, 4.69) is 31.3 Å². The number of hydrogen-bond donors (Lipinski definition) is 1. The first-order valence-electron chi connectivity index (χ1n) is 11.4. The van der Waals surface area contributed by atoms with Crippen LogP contribution in [0.2, 0.25) is 0 Å². The zero-order valence-corrected chi connectivity index (χ0v) is 19.3. The molecule has 1 unspecified atom stereocenters. The van der Waals surface area contributed by atoms with Gasteiger partial charge in [0.25, 0.3) is 0 Å². The minimum Gasteiger partial charge on any atom is -0.326 e. The fraction of sp³-hybridized carbons (Fsp3) is 0.462. The fourth-order valence-corrected chi connectivity index (χ4v) is 5.76. The van der Waals surface area contributed by atoms with Crippen molar-refractivity contribution in [3.63, 3.8) is 0 Å². The Bertz CT molecular complexity index is 919. The van der Waals surface area contributed by atoms with Gasteiger partial charge < -0.3 is 5.32 Å². The molecule has 31 heavy (non-hydrogen) atoms. The van der Waals surface area contributed by atoms with E-state index < -0.39 is 0 Å². The summed E-state index contributed by atoms with van der Waals surface area (Å²) in [6, 6.07) is 16.2. The summed E-state index contributed by atoms with van der Waals surface area (Å²) in [6.45, 7) is 4.34. The number of amides is 2. The van der Waals surface area contributed by atoms with Crippen molar-refractivity contribution in [2.75, 3.05) is 16.0 Å². The molecule has 0 aromatic heterocycles. The Balaban J connectivity index is 1.45. The molecule has 164 valence electrons. The van der Waals surface area contributed by atoms with Crippen molar-refractivity contribution in [2.45, 2.75) is 63.7 Å². The van der Waals surface area contributed by atoms with Gasteiger partial charge in [0.1, 0.15) is 5.37 Å². The Labute approximate surface area is 189 Å². The number of carbonyl (C=O) groups is 2. The molecule has 1 saturated heterocycles. The van der Waals surface area contributed by atoms with E-state index in [9.17, 15) is 9.59 Å². The van der Waals surface area contributed by atoms with Crippen LogP contribution in [0, 0.1) is 5.92 Å². The summed E-state index contributed by atoms with van der Waals surface area (Å²) < 4.78 is 0. The normalized spacial score (nSPS) is 19.4. The number of carbonyl (C=O) groups excluding carboxylic acids is 2. The first-order chi connectivity index (χ1) is 15.0. The van der Waals surface area contributed by atoms with Gasteiger partial charge in [-0.05, 0) is 53.6 Å². The maximum Gasteiger partial charge on any atom is 0.238 e. The molecule has 0 radical (unpaired) electrons. The largest absolute Gasteiger partial charge is 0.326 e. The summed E-state index contributed by atoms with van der Waals surface area (Å²) in [6.07, 6.45) is 6.72. The van der Waals surface area contributed by atoms with Crippen molar-refractivity contribution in [3.8, 4) is 0 Å². The molecule has 1 atom stereocenters. The van der Waals surface area contributed by atoms with Crippen LogP contribution in [0.5, 0.6) is 0 Å². The second-order valence-corrected chi connectivity index (χ2v) is 10.1. The summed E-state index contributed by atoms with van der Waals surface area (Å²) in [5.74, 6) is 1.85. The van der Waals surface area contributed by atoms with E-state index in [1.807, 2.05) is 41.3 Å². The van der Waals surface area contributed by atoms with Crippen LogP contribution in [0.25, 0.3) is 0 Å². The molecule has 5 heteroatoms. The molecule has 1 aliphatic heterocycles. The van der Waals surface area contributed by atoms with Crippen LogP contribution in [0.15, 0.2) is 48.5 Å². The number of thioether (sulfide) groups is 1. The standard InChI is InChI=1S/C26H32N2O2S/c1-18(2)20-11-13-23(14-12-20)28-25(30)17-31-26(28)21-8-5-9-22(16-21)27-24(29)15-10-19-6-3-4-7-19/h5,8-9,11-14,16,18-19,26H,3-4,6-7,10,15,17H2,1-2H3,(H,27,29). The number of benzene rings is 2. The van der Waals surface area contributed by atoms with Gasteiger partial charge in [-0.2, -0.15) is 0 Å². The van der Waals surface area contributed by atoms with Gasteiger partial charge in [0.05, 0.1) is 5.75 Å². The van der Waals surface area contributed by atoms with E-state index in [1.54, 1.807) is 11.8 Å². The lowest BCUT2D eigenvalue weighted by Crippen LogP contribution is -2.27. The van der Waals surface area contributed by atoms with Crippen LogP contribution >= 0.6 is 11.8 Å². The third kappa shape index (κ3) is 5.32. The highest BCUT2D eigenvalue weighted by Crippen LogP contribution is 2.42. The van der Waals surface area contributed by atoms with Crippen LogP contribution in [0.4, 0.5) is 11.4 Å². The summed E-state index contributed by atoms with van der Waals surface area (Å²) in [7, 11) is 0. The highest BCUT2D eigenvalue weighted by atomic mass is 32.2. The van der Waals surface area contributed by atoms with Crippen molar-refractivity contribution < 1.29 is 9.59 Å². The second kappa shape index (κ2) is 9.90. The molecule has 2 aromatic rings. The van der Waals surface area contributed by atoms with Crippen molar-refractivity contribution in [3.05, 3.63) is 59.7 Å². The van der Waals surface area contributed by atoms with E-state index in [0.29, 0.717) is 24.0 Å². The highest BCUT2D eigenvalue weighted by molar-refractivity contribution is 8.00. The van der Waals surface area contributed by atoms with Crippen molar-refractivity contribution in [1.29, 1.82) is 0 Å². The number of nitrogens with one attached hydrogen (secondary N) is 1. The topological polar surface area (TPSA) is 49.4 Å². The van der Waals surface area contributed by atoms with Gasteiger partial charge in [-0.25, -0.2) is 0 Å². The molecular formula is C26H32N2O2S. The van der Waals surface area contributed by atoms with E-state index in [4.69, 9.17) is 0 Å². The van der Waals surface area contributed by atoms with E-state index >= 15 is 0 Å². The fourth-order valence-electron chi connectivity index (χ4n) is 4.60. The zero-order chi connectivity index (χ0) is 21.8. The predicted octanol–water partition coefficient (Wildman–Crippen LogP) is 6.50. The van der Waals surface area contributed by atoms with Gasteiger partial charge in [0.2, 0.25) is 11.8 Å². The molecule has 1 saturated carbocycles.